The summed E-state index contributed by atoms with van der Waals surface area (Å²) in [6.07, 6.45) is -6.45. The molecule has 0 fully saturated rings. The Bertz CT molecular complexity index is 1380. The molecule has 0 saturated carbocycles. The van der Waals surface area contributed by atoms with Gasteiger partial charge >= 0.3 is 6.18 Å². The molecule has 186 valence electrons. The van der Waals surface area contributed by atoms with Crippen LogP contribution < -0.4 is 13.8 Å². The van der Waals surface area contributed by atoms with Gasteiger partial charge in [0.1, 0.15) is 23.9 Å². The number of halogens is 6. The van der Waals surface area contributed by atoms with Crippen molar-refractivity contribution in [3.8, 4) is 22.6 Å². The fourth-order valence-corrected chi connectivity index (χ4v) is 5.38. The highest BCUT2D eigenvalue weighted by Crippen LogP contribution is 2.43. The molecule has 0 aliphatic carbocycles. The van der Waals surface area contributed by atoms with Crippen LogP contribution in [-0.2, 0) is 16.2 Å². The van der Waals surface area contributed by atoms with E-state index in [2.05, 4.69) is 0 Å². The molecule has 3 aromatic rings. The summed E-state index contributed by atoms with van der Waals surface area (Å²) >= 11 is 6.35. The van der Waals surface area contributed by atoms with E-state index in [1.54, 1.807) is 0 Å². The predicted molar refractivity (Wildman–Crippen MR) is 120 cm³/mol. The molecule has 4 rings (SSSR count). The van der Waals surface area contributed by atoms with Crippen LogP contribution in [0.3, 0.4) is 0 Å². The van der Waals surface area contributed by atoms with Gasteiger partial charge in [-0.05, 0) is 42.0 Å². The predicted octanol–water partition coefficient (Wildman–Crippen LogP) is 6.45. The normalized spacial score (nSPS) is 14.8. The van der Waals surface area contributed by atoms with Crippen molar-refractivity contribution >= 4 is 27.3 Å². The Labute approximate surface area is 202 Å². The standard InChI is InChI=1S/C23H17ClF5NO4S/c1-13(25)34-17-8-14(7-16(26)10-17)19-11-21-22(12-20(19)24)33-6-5-30(21)35(31,32)18-4-2-3-15(9-18)23(27,28)29/h2-4,7-13H,5-6H2,1H3. The topological polar surface area (TPSA) is 55.8 Å². The third-order valence-corrected chi connectivity index (χ3v) is 7.22. The van der Waals surface area contributed by atoms with Gasteiger partial charge in [-0.1, -0.05) is 17.7 Å². The van der Waals surface area contributed by atoms with E-state index in [0.717, 1.165) is 41.6 Å². The molecule has 0 radical (unpaired) electrons. The van der Waals surface area contributed by atoms with Crippen LogP contribution in [0.1, 0.15) is 12.5 Å². The van der Waals surface area contributed by atoms with E-state index in [-0.39, 0.29) is 46.5 Å². The number of benzene rings is 3. The number of anilines is 1. The van der Waals surface area contributed by atoms with Gasteiger partial charge in [0.25, 0.3) is 10.0 Å². The minimum atomic E-state index is -4.73. The first kappa shape index (κ1) is 25.1. The van der Waals surface area contributed by atoms with Crippen LogP contribution in [0.25, 0.3) is 11.1 Å². The lowest BCUT2D eigenvalue weighted by atomic mass is 10.0. The zero-order valence-corrected chi connectivity index (χ0v) is 19.5. The summed E-state index contributed by atoms with van der Waals surface area (Å²) in [6, 6.07) is 9.42. The van der Waals surface area contributed by atoms with E-state index in [0.29, 0.717) is 6.07 Å². The number of nitrogens with zero attached hydrogens (tertiary/aromatic N) is 1. The van der Waals surface area contributed by atoms with Crippen LogP contribution in [-0.4, -0.2) is 27.9 Å². The first-order valence-corrected chi connectivity index (χ1v) is 12.0. The molecule has 0 saturated heterocycles. The Morgan fingerprint density at radius 2 is 1.86 bits per heavy atom. The molecule has 0 spiro atoms. The maximum atomic E-state index is 14.2. The second kappa shape index (κ2) is 9.19. The maximum Gasteiger partial charge on any atom is 0.416 e. The highest BCUT2D eigenvalue weighted by molar-refractivity contribution is 7.92. The lowest BCUT2D eigenvalue weighted by Gasteiger charge is -2.31. The molecule has 3 aromatic carbocycles. The monoisotopic (exact) mass is 533 g/mol. The quantitative estimate of drug-likeness (QED) is 0.354. The number of sulfonamides is 1. The van der Waals surface area contributed by atoms with Crippen molar-refractivity contribution in [1.29, 1.82) is 0 Å². The zero-order valence-electron chi connectivity index (χ0n) is 17.9. The van der Waals surface area contributed by atoms with Crippen molar-refractivity contribution in [2.45, 2.75) is 24.4 Å². The second-order valence-electron chi connectivity index (χ2n) is 7.59. The van der Waals surface area contributed by atoms with Gasteiger partial charge in [-0.25, -0.2) is 17.2 Å². The van der Waals surface area contributed by atoms with Crippen LogP contribution in [0, 0.1) is 5.82 Å². The summed E-state index contributed by atoms with van der Waals surface area (Å²) in [6.45, 7) is 0.848. The molecule has 0 N–H and O–H groups in total. The second-order valence-corrected chi connectivity index (χ2v) is 9.86. The van der Waals surface area contributed by atoms with E-state index in [1.807, 2.05) is 0 Å². The minimum Gasteiger partial charge on any atom is -0.489 e. The average molecular weight is 534 g/mol. The summed E-state index contributed by atoms with van der Waals surface area (Å²) in [5.41, 5.74) is -0.775. The van der Waals surface area contributed by atoms with Gasteiger partial charge in [0.05, 0.1) is 27.7 Å². The molecule has 1 unspecified atom stereocenters. The molecule has 35 heavy (non-hydrogen) atoms. The van der Waals surface area contributed by atoms with Gasteiger partial charge in [0.15, 0.2) is 0 Å². The van der Waals surface area contributed by atoms with E-state index >= 15 is 0 Å². The lowest BCUT2D eigenvalue weighted by Crippen LogP contribution is -2.38. The van der Waals surface area contributed by atoms with Crippen molar-refractivity contribution < 1.29 is 39.8 Å². The van der Waals surface area contributed by atoms with Crippen LogP contribution >= 0.6 is 11.6 Å². The van der Waals surface area contributed by atoms with Gasteiger partial charge in [-0.3, -0.25) is 4.31 Å². The molecule has 0 aromatic heterocycles. The fraction of sp³-hybridized carbons (Fsp3) is 0.217. The van der Waals surface area contributed by atoms with Gasteiger partial charge < -0.3 is 9.47 Å². The van der Waals surface area contributed by atoms with Crippen molar-refractivity contribution in [2.24, 2.45) is 0 Å². The number of ether oxygens (including phenoxy) is 2. The Kier molecular flexibility index (Phi) is 6.58. The van der Waals surface area contributed by atoms with Crippen LogP contribution in [0.5, 0.6) is 11.5 Å². The van der Waals surface area contributed by atoms with Gasteiger partial charge in [-0.15, -0.1) is 0 Å². The van der Waals surface area contributed by atoms with Gasteiger partial charge in [-0.2, -0.15) is 13.2 Å². The Morgan fingerprint density at radius 3 is 2.54 bits per heavy atom. The van der Waals surface area contributed by atoms with Crippen LogP contribution in [0.4, 0.5) is 27.6 Å². The molecule has 1 atom stereocenters. The van der Waals surface area contributed by atoms with E-state index < -0.39 is 38.8 Å². The molecule has 12 heteroatoms. The van der Waals surface area contributed by atoms with E-state index in [1.165, 1.54) is 18.2 Å². The Morgan fingerprint density at radius 1 is 1.11 bits per heavy atom. The van der Waals surface area contributed by atoms with E-state index in [9.17, 15) is 30.4 Å². The molecule has 0 amide bonds. The molecule has 0 bridgehead atoms. The Hall–Kier alpha value is -3.05. The SMILES string of the molecule is CC(F)Oc1cc(F)cc(-c2cc3c(cc2Cl)OCCN3S(=O)(=O)c2cccc(C(F)(F)F)c2)c1. The van der Waals surface area contributed by atoms with Gasteiger partial charge in [0.2, 0.25) is 6.36 Å². The summed E-state index contributed by atoms with van der Waals surface area (Å²) in [5.74, 6) is -0.795. The summed E-state index contributed by atoms with van der Waals surface area (Å²) in [7, 11) is -4.44. The van der Waals surface area contributed by atoms with Crippen molar-refractivity contribution in [1.82, 2.24) is 0 Å². The third-order valence-electron chi connectivity index (χ3n) is 5.10. The van der Waals surface area contributed by atoms with Crippen LogP contribution in [0.2, 0.25) is 5.02 Å². The van der Waals surface area contributed by atoms with Gasteiger partial charge in [0, 0.05) is 24.6 Å². The molecular weight excluding hydrogens is 517 g/mol. The summed E-state index contributed by atoms with van der Waals surface area (Å²) in [4.78, 5) is -0.560. The third kappa shape index (κ3) is 5.15. The van der Waals surface area contributed by atoms with E-state index in [4.69, 9.17) is 21.1 Å². The number of hydrogen-bond donors (Lipinski definition) is 0. The number of hydrogen-bond acceptors (Lipinski definition) is 4. The first-order chi connectivity index (χ1) is 16.4. The maximum absolute atomic E-state index is 14.2. The number of alkyl halides is 4. The summed E-state index contributed by atoms with van der Waals surface area (Å²) in [5, 5.41) is 0.0758. The lowest BCUT2D eigenvalue weighted by molar-refractivity contribution is -0.137. The largest absolute Gasteiger partial charge is 0.489 e. The smallest absolute Gasteiger partial charge is 0.416 e. The Balaban J connectivity index is 1.82. The fourth-order valence-electron chi connectivity index (χ4n) is 3.62. The van der Waals surface area contributed by atoms with Crippen molar-refractivity contribution in [2.75, 3.05) is 17.5 Å². The molecule has 5 nitrogen and oxygen atoms in total. The first-order valence-electron chi connectivity index (χ1n) is 10.1. The number of fused-ring (bicyclic) bond motifs is 1. The average Bonchev–Trinajstić information content (AvgIpc) is 2.76. The summed E-state index contributed by atoms with van der Waals surface area (Å²) < 4.78 is 105. The molecule has 1 aliphatic heterocycles. The van der Waals surface area contributed by atoms with Crippen LogP contribution in [0.15, 0.2) is 59.5 Å². The number of rotatable bonds is 5. The molecule has 1 aliphatic rings. The zero-order chi connectivity index (χ0) is 25.5. The molecule has 1 heterocycles. The highest BCUT2D eigenvalue weighted by Gasteiger charge is 2.35. The molecular formula is C23H17ClF5NO4S. The van der Waals surface area contributed by atoms with Crippen molar-refractivity contribution in [3.63, 3.8) is 0 Å². The minimum absolute atomic E-state index is 0.00125. The van der Waals surface area contributed by atoms with Crippen molar-refractivity contribution in [3.05, 3.63) is 71.0 Å². The highest BCUT2D eigenvalue weighted by atomic mass is 35.5.